The molecule has 0 amide bonds. The van der Waals surface area contributed by atoms with Gasteiger partial charge in [0.1, 0.15) is 5.75 Å². The van der Waals surface area contributed by atoms with Gasteiger partial charge in [-0.25, -0.2) is 0 Å². The van der Waals surface area contributed by atoms with Crippen molar-refractivity contribution in [3.63, 3.8) is 0 Å². The molecule has 2 rings (SSSR count). The van der Waals surface area contributed by atoms with Crippen molar-refractivity contribution in [2.45, 2.75) is 31.3 Å². The van der Waals surface area contributed by atoms with E-state index in [0.717, 1.165) is 17.7 Å². The van der Waals surface area contributed by atoms with Gasteiger partial charge in [-0.1, -0.05) is 12.1 Å². The van der Waals surface area contributed by atoms with E-state index in [9.17, 15) is 0 Å². The fourth-order valence-electron chi connectivity index (χ4n) is 2.31. The number of rotatable bonds is 6. The number of nitrogens with one attached hydrogen (secondary N) is 1. The molecule has 1 N–H and O–H groups in total. The molecule has 0 heterocycles. The molecule has 1 fully saturated rings. The van der Waals surface area contributed by atoms with Crippen molar-refractivity contribution >= 4 is 0 Å². The Morgan fingerprint density at radius 3 is 2.83 bits per heavy atom. The zero-order valence-corrected chi connectivity index (χ0v) is 11.2. The van der Waals surface area contributed by atoms with Gasteiger partial charge < -0.3 is 19.5 Å². The third kappa shape index (κ3) is 2.83. The van der Waals surface area contributed by atoms with Crippen LogP contribution in [0.4, 0.5) is 0 Å². The molecule has 100 valence electrons. The Bertz CT molecular complexity index is 383. The van der Waals surface area contributed by atoms with Crippen molar-refractivity contribution in [2.24, 2.45) is 0 Å². The molecule has 4 heteroatoms. The van der Waals surface area contributed by atoms with Crippen molar-refractivity contribution in [3.8, 4) is 5.75 Å². The van der Waals surface area contributed by atoms with Gasteiger partial charge in [-0.05, 0) is 31.2 Å². The van der Waals surface area contributed by atoms with Crippen LogP contribution in [0.15, 0.2) is 24.3 Å². The fourth-order valence-corrected chi connectivity index (χ4v) is 2.31. The van der Waals surface area contributed by atoms with Crippen LogP contribution in [0.25, 0.3) is 0 Å². The summed E-state index contributed by atoms with van der Waals surface area (Å²) in [6.07, 6.45) is 1.33. The lowest BCUT2D eigenvalue weighted by molar-refractivity contribution is -0.138. The van der Waals surface area contributed by atoms with Gasteiger partial charge in [0.25, 0.3) is 0 Å². The molecule has 0 aliphatic heterocycles. The molecule has 3 atom stereocenters. The average Bonchev–Trinajstić information content (AvgIpc) is 2.38. The predicted molar refractivity (Wildman–Crippen MR) is 69.8 cm³/mol. The molecule has 1 aromatic rings. The number of hydrogen-bond donors (Lipinski definition) is 1. The normalized spacial score (nSPS) is 26.7. The molecule has 0 bridgehead atoms. The van der Waals surface area contributed by atoms with E-state index >= 15 is 0 Å². The van der Waals surface area contributed by atoms with Gasteiger partial charge in [0, 0.05) is 13.2 Å². The van der Waals surface area contributed by atoms with Crippen LogP contribution in [0, 0.1) is 0 Å². The summed E-state index contributed by atoms with van der Waals surface area (Å²) in [5.74, 6) is 0.862. The van der Waals surface area contributed by atoms with Crippen LogP contribution in [0.2, 0.25) is 0 Å². The maximum atomic E-state index is 5.88. The Balaban J connectivity index is 1.84. The highest BCUT2D eigenvalue weighted by atomic mass is 16.5. The van der Waals surface area contributed by atoms with Gasteiger partial charge in [-0.15, -0.1) is 0 Å². The topological polar surface area (TPSA) is 39.7 Å². The zero-order chi connectivity index (χ0) is 13.0. The largest absolute Gasteiger partial charge is 0.497 e. The van der Waals surface area contributed by atoms with E-state index in [1.807, 2.05) is 31.3 Å². The van der Waals surface area contributed by atoms with E-state index in [0.29, 0.717) is 12.6 Å². The molecule has 1 aliphatic carbocycles. The van der Waals surface area contributed by atoms with E-state index in [2.05, 4.69) is 5.32 Å². The first-order valence-corrected chi connectivity index (χ1v) is 6.23. The Morgan fingerprint density at radius 2 is 2.17 bits per heavy atom. The summed E-state index contributed by atoms with van der Waals surface area (Å²) < 4.78 is 16.5. The van der Waals surface area contributed by atoms with Crippen LogP contribution in [0.3, 0.4) is 0 Å². The summed E-state index contributed by atoms with van der Waals surface area (Å²) in [6.45, 7) is 0.595. The van der Waals surface area contributed by atoms with Gasteiger partial charge in [0.15, 0.2) is 0 Å². The summed E-state index contributed by atoms with van der Waals surface area (Å²) in [5.41, 5.74) is 1.12. The molecule has 4 nitrogen and oxygen atoms in total. The van der Waals surface area contributed by atoms with Crippen molar-refractivity contribution in [1.82, 2.24) is 5.32 Å². The number of ether oxygens (including phenoxy) is 3. The number of likely N-dealkylation sites (N-methyl/N-ethyl adjacent to an activating group) is 1. The van der Waals surface area contributed by atoms with E-state index in [1.165, 1.54) is 0 Å². The maximum absolute atomic E-state index is 5.88. The van der Waals surface area contributed by atoms with Crippen molar-refractivity contribution < 1.29 is 14.2 Å². The standard InChI is InChI=1S/C14H21NO3/c1-15-12-8-13(14(12)17-3)18-9-10-5-4-6-11(7-10)16-2/h4-7,12-15H,8-9H2,1-3H3. The molecular formula is C14H21NO3. The minimum atomic E-state index is 0.153. The SMILES string of the molecule is CNC1CC(OCc2cccc(OC)c2)C1OC. The quantitative estimate of drug-likeness (QED) is 0.833. The van der Waals surface area contributed by atoms with Gasteiger partial charge in [0.05, 0.1) is 25.9 Å². The fraction of sp³-hybridized carbons (Fsp3) is 0.571. The molecule has 1 aromatic carbocycles. The predicted octanol–water partition coefficient (Wildman–Crippen LogP) is 1.59. The lowest BCUT2D eigenvalue weighted by Gasteiger charge is -2.43. The second-order valence-electron chi connectivity index (χ2n) is 4.53. The molecule has 1 aliphatic rings. The lowest BCUT2D eigenvalue weighted by Crippen LogP contribution is -2.58. The van der Waals surface area contributed by atoms with E-state index in [-0.39, 0.29) is 12.2 Å². The van der Waals surface area contributed by atoms with Gasteiger partial charge >= 0.3 is 0 Å². The molecule has 0 aromatic heterocycles. The summed E-state index contributed by atoms with van der Waals surface area (Å²) >= 11 is 0. The number of hydrogen-bond acceptors (Lipinski definition) is 4. The van der Waals surface area contributed by atoms with Crippen molar-refractivity contribution in [1.29, 1.82) is 0 Å². The van der Waals surface area contributed by atoms with E-state index in [4.69, 9.17) is 14.2 Å². The van der Waals surface area contributed by atoms with Crippen LogP contribution in [-0.4, -0.2) is 39.5 Å². The highest BCUT2D eigenvalue weighted by molar-refractivity contribution is 5.27. The van der Waals surface area contributed by atoms with Gasteiger partial charge in [-0.2, -0.15) is 0 Å². The third-order valence-corrected chi connectivity index (χ3v) is 3.49. The minimum absolute atomic E-state index is 0.153. The Labute approximate surface area is 108 Å². The Morgan fingerprint density at radius 1 is 1.33 bits per heavy atom. The summed E-state index contributed by atoms with van der Waals surface area (Å²) in [5, 5.41) is 3.22. The maximum Gasteiger partial charge on any atom is 0.119 e. The zero-order valence-electron chi connectivity index (χ0n) is 11.2. The van der Waals surface area contributed by atoms with Crippen LogP contribution in [0.1, 0.15) is 12.0 Å². The molecule has 3 unspecified atom stereocenters. The Kier molecular flexibility index (Phi) is 4.58. The van der Waals surface area contributed by atoms with Gasteiger partial charge in [-0.3, -0.25) is 0 Å². The Hall–Kier alpha value is -1.10. The number of methoxy groups -OCH3 is 2. The smallest absolute Gasteiger partial charge is 0.119 e. The highest BCUT2D eigenvalue weighted by Gasteiger charge is 2.41. The molecule has 0 radical (unpaired) electrons. The second-order valence-corrected chi connectivity index (χ2v) is 4.53. The minimum Gasteiger partial charge on any atom is -0.497 e. The first-order valence-electron chi connectivity index (χ1n) is 6.23. The first kappa shape index (κ1) is 13.3. The monoisotopic (exact) mass is 251 g/mol. The van der Waals surface area contributed by atoms with Crippen LogP contribution in [-0.2, 0) is 16.1 Å². The van der Waals surface area contributed by atoms with Crippen LogP contribution in [0.5, 0.6) is 5.75 Å². The van der Waals surface area contributed by atoms with Crippen LogP contribution >= 0.6 is 0 Å². The molecule has 0 saturated heterocycles. The molecule has 1 saturated carbocycles. The third-order valence-electron chi connectivity index (χ3n) is 3.49. The van der Waals surface area contributed by atoms with E-state index < -0.39 is 0 Å². The highest BCUT2D eigenvalue weighted by Crippen LogP contribution is 2.27. The summed E-state index contributed by atoms with van der Waals surface area (Å²) in [7, 11) is 5.36. The van der Waals surface area contributed by atoms with E-state index in [1.54, 1.807) is 14.2 Å². The average molecular weight is 251 g/mol. The molecular weight excluding hydrogens is 230 g/mol. The van der Waals surface area contributed by atoms with Crippen LogP contribution < -0.4 is 10.1 Å². The first-order chi connectivity index (χ1) is 8.78. The molecule has 0 spiro atoms. The lowest BCUT2D eigenvalue weighted by atomic mass is 9.85. The van der Waals surface area contributed by atoms with Crippen molar-refractivity contribution in [3.05, 3.63) is 29.8 Å². The summed E-state index contributed by atoms with van der Waals surface area (Å²) in [6, 6.07) is 8.35. The van der Waals surface area contributed by atoms with Crippen molar-refractivity contribution in [2.75, 3.05) is 21.3 Å². The second kappa shape index (κ2) is 6.18. The van der Waals surface area contributed by atoms with Gasteiger partial charge in [0.2, 0.25) is 0 Å². The summed E-state index contributed by atoms with van der Waals surface area (Å²) in [4.78, 5) is 0. The number of benzene rings is 1. The molecule has 18 heavy (non-hydrogen) atoms.